The molecule has 5 unspecified atom stereocenters. The predicted molar refractivity (Wildman–Crippen MR) is 463 cm³/mol. The molecule has 0 amide bonds. The Morgan fingerprint density at radius 3 is 0.705 bits per heavy atom. The van der Waals surface area contributed by atoms with Gasteiger partial charge in [-0.15, -0.1) is 0 Å². The van der Waals surface area contributed by atoms with Crippen LogP contribution in [-0.4, -0.2) is 96.7 Å². The van der Waals surface area contributed by atoms with Crippen molar-refractivity contribution in [3.8, 4) is 0 Å². The van der Waals surface area contributed by atoms with Gasteiger partial charge in [-0.1, -0.05) is 304 Å². The zero-order valence-electron chi connectivity index (χ0n) is 68.7. The van der Waals surface area contributed by atoms with E-state index in [-0.39, 0.29) is 25.7 Å². The van der Waals surface area contributed by atoms with Gasteiger partial charge in [0, 0.05) is 25.7 Å². The number of aliphatic hydroxyl groups is 1. The maximum atomic E-state index is 13.1. The Morgan fingerprint density at radius 1 is 0.250 bits per heavy atom. The highest BCUT2D eigenvalue weighted by molar-refractivity contribution is 7.47. The van der Waals surface area contributed by atoms with Gasteiger partial charge in [0.2, 0.25) is 0 Å². The monoisotopic (exact) mass is 1590 g/mol. The lowest BCUT2D eigenvalue weighted by Gasteiger charge is -2.21. The van der Waals surface area contributed by atoms with Crippen LogP contribution in [0.25, 0.3) is 0 Å². The SMILES string of the molecule is CC/C=C\C/C=C\C/C=C\C/C=C\C/C=C\C/C=C\CCC(=O)OCC(COP(=O)(O)OCC(O)COP(=O)(O)OCC(COC(=O)CC/C=C\C/C=C\C/C=C\C/C=C\C/C=C\C/C=C\CC)OC(=O)CCCCCCCC/C=C\C/C=C\C/C=C\C/C=C\CC)OC(=O)CCCCCCC/C=C\C/C=C\C/C=C\CC. The molecule has 0 aromatic rings. The predicted octanol–water partition coefficient (Wildman–Crippen LogP) is 25.0. The lowest BCUT2D eigenvalue weighted by molar-refractivity contribution is -0.161. The lowest BCUT2D eigenvalue weighted by Crippen LogP contribution is -2.30. The molecule has 0 saturated carbocycles. The Hall–Kier alpha value is -6.88. The van der Waals surface area contributed by atoms with Crippen LogP contribution in [0.5, 0.6) is 0 Å². The number of rotatable bonds is 75. The van der Waals surface area contributed by atoms with Crippen molar-refractivity contribution in [3.63, 3.8) is 0 Å². The van der Waals surface area contributed by atoms with Gasteiger partial charge in [-0.3, -0.25) is 37.3 Å². The molecule has 0 heterocycles. The summed E-state index contributed by atoms with van der Waals surface area (Å²) < 4.78 is 68.6. The van der Waals surface area contributed by atoms with E-state index in [2.05, 4.69) is 222 Å². The van der Waals surface area contributed by atoms with Crippen LogP contribution in [0.4, 0.5) is 0 Å². The van der Waals surface area contributed by atoms with E-state index in [4.69, 9.17) is 37.0 Å². The van der Waals surface area contributed by atoms with Gasteiger partial charge in [0.25, 0.3) is 0 Å². The molecular formula is C93H144O17P2. The molecule has 0 aliphatic heterocycles. The molecule has 3 N–H and O–H groups in total. The van der Waals surface area contributed by atoms with E-state index in [0.29, 0.717) is 38.5 Å². The minimum Gasteiger partial charge on any atom is -0.462 e. The first-order chi connectivity index (χ1) is 54.7. The fraction of sp³-hybridized carbons (Fsp3) is 0.548. The standard InChI is InChI=1S/C93H144O17P2/c1-5-9-13-17-21-25-29-33-37-40-43-46-50-53-57-61-65-69-73-77-90(95)103-83-88(109-92(97)79-75-71-67-63-59-55-49-36-32-28-24-20-16-12-8-4)85-107-111(99,100)105-81-87(94)82-106-112(101,102)108-86-89(110-93(98)80-76-72-68-64-60-56-52-48-45-42-39-35-31-27-23-19-15-11-7-3)84-104-91(96)78-74-70-66-62-58-54-51-47-44-41-38-34-30-26-22-18-14-10-6-2/h9-16,21-28,33-39,43-49,53-54,57-58,65-66,69-70,87-89,94H,5-8,17-20,29-32,40-42,50-52,55-56,59-64,67-68,71-86H2,1-4H3,(H,99,100)(H,101,102)/b13-9-,14-10-,15-11-,16-12-,25-21-,26-22-,27-23-,28-24-,37-33-,38-34-,39-35-,46-43-,47-44-,48-45-,49-36-,57-53-,58-54-,69-65-,70-66-. The minimum atomic E-state index is -5.02. The summed E-state index contributed by atoms with van der Waals surface area (Å²) in [5.74, 6) is -2.43. The summed E-state index contributed by atoms with van der Waals surface area (Å²) in [6.45, 7) is 4.18. The van der Waals surface area contributed by atoms with Crippen molar-refractivity contribution in [1.29, 1.82) is 0 Å². The number of esters is 4. The lowest BCUT2D eigenvalue weighted by atomic mass is 10.1. The molecule has 19 heteroatoms. The molecule has 17 nitrogen and oxygen atoms in total. The molecule has 5 atom stereocenters. The Bertz CT molecular complexity index is 3040. The number of ether oxygens (including phenoxy) is 4. The van der Waals surface area contributed by atoms with Crippen molar-refractivity contribution < 1.29 is 80.2 Å². The fourth-order valence-electron chi connectivity index (χ4n) is 9.98. The smallest absolute Gasteiger partial charge is 0.462 e. The second kappa shape index (κ2) is 82.1. The van der Waals surface area contributed by atoms with Gasteiger partial charge < -0.3 is 33.8 Å². The van der Waals surface area contributed by atoms with Crippen LogP contribution in [0.15, 0.2) is 231 Å². The molecule has 0 radical (unpaired) electrons. The van der Waals surface area contributed by atoms with Crippen LogP contribution in [0, 0.1) is 0 Å². The van der Waals surface area contributed by atoms with Gasteiger partial charge in [-0.2, -0.15) is 0 Å². The molecule has 0 spiro atoms. The van der Waals surface area contributed by atoms with E-state index in [0.717, 1.165) is 180 Å². The Labute approximate surface area is 676 Å². The van der Waals surface area contributed by atoms with Crippen molar-refractivity contribution in [2.45, 2.75) is 290 Å². The van der Waals surface area contributed by atoms with Gasteiger partial charge in [0.05, 0.1) is 26.4 Å². The van der Waals surface area contributed by atoms with E-state index < -0.39 is 97.5 Å². The van der Waals surface area contributed by atoms with E-state index in [1.807, 2.05) is 36.5 Å². The molecule has 0 aliphatic rings. The third-order valence-electron chi connectivity index (χ3n) is 16.1. The molecular weight excluding hydrogens is 1450 g/mol. The summed E-state index contributed by atoms with van der Waals surface area (Å²) in [6, 6.07) is 0. The van der Waals surface area contributed by atoms with Gasteiger partial charge in [0.1, 0.15) is 19.3 Å². The first-order valence-electron chi connectivity index (χ1n) is 41.6. The quantitative estimate of drug-likeness (QED) is 0.0169. The average molecular weight is 1600 g/mol. The van der Waals surface area contributed by atoms with Crippen LogP contribution in [0.3, 0.4) is 0 Å². The highest BCUT2D eigenvalue weighted by atomic mass is 31.2. The summed E-state index contributed by atoms with van der Waals surface area (Å²) in [6.07, 6.45) is 106. The van der Waals surface area contributed by atoms with Gasteiger partial charge >= 0.3 is 39.5 Å². The molecule has 0 bridgehead atoms. The van der Waals surface area contributed by atoms with E-state index in [1.165, 1.54) is 0 Å². The number of phosphoric ester groups is 2. The van der Waals surface area contributed by atoms with Crippen LogP contribution >= 0.6 is 15.6 Å². The number of phosphoric acid groups is 2. The van der Waals surface area contributed by atoms with Gasteiger partial charge in [-0.05, 0) is 173 Å². The van der Waals surface area contributed by atoms with Gasteiger partial charge in [0.15, 0.2) is 12.2 Å². The van der Waals surface area contributed by atoms with Crippen molar-refractivity contribution in [2.75, 3.05) is 39.6 Å². The Kier molecular flexibility index (Phi) is 77.1. The third kappa shape index (κ3) is 81.1. The molecule has 0 fully saturated rings. The maximum Gasteiger partial charge on any atom is 0.472 e. The molecule has 0 saturated heterocycles. The van der Waals surface area contributed by atoms with Crippen molar-refractivity contribution in [1.82, 2.24) is 0 Å². The van der Waals surface area contributed by atoms with E-state index >= 15 is 0 Å². The summed E-state index contributed by atoms with van der Waals surface area (Å²) in [7, 11) is -10.0. The van der Waals surface area contributed by atoms with Crippen LogP contribution in [-0.2, 0) is 65.4 Å². The number of allylic oxidation sites excluding steroid dienone is 38. The second-order valence-electron chi connectivity index (χ2n) is 26.5. The largest absolute Gasteiger partial charge is 0.472 e. The third-order valence-corrected chi connectivity index (χ3v) is 18.0. The molecule has 0 aromatic carbocycles. The Morgan fingerprint density at radius 2 is 0.455 bits per heavy atom. The zero-order valence-corrected chi connectivity index (χ0v) is 70.5. The summed E-state index contributed by atoms with van der Waals surface area (Å²) >= 11 is 0. The number of hydrogen-bond donors (Lipinski definition) is 3. The number of carbonyl (C=O) groups is 4. The molecule has 0 rings (SSSR count). The summed E-state index contributed by atoms with van der Waals surface area (Å²) in [5.41, 5.74) is 0. The number of aliphatic hydroxyl groups excluding tert-OH is 1. The normalized spacial score (nSPS) is 15.0. The van der Waals surface area contributed by atoms with Crippen LogP contribution in [0.2, 0.25) is 0 Å². The first kappa shape index (κ1) is 105. The van der Waals surface area contributed by atoms with Crippen molar-refractivity contribution in [2.24, 2.45) is 0 Å². The van der Waals surface area contributed by atoms with Crippen LogP contribution < -0.4 is 0 Å². The fourth-order valence-corrected chi connectivity index (χ4v) is 11.6. The minimum absolute atomic E-state index is 0.0208. The van der Waals surface area contributed by atoms with E-state index in [1.54, 1.807) is 0 Å². The zero-order chi connectivity index (χ0) is 81.7. The van der Waals surface area contributed by atoms with Crippen LogP contribution in [0.1, 0.15) is 272 Å². The highest BCUT2D eigenvalue weighted by Gasteiger charge is 2.30. The topological polar surface area (TPSA) is 237 Å². The molecule has 0 aromatic heterocycles. The summed E-state index contributed by atoms with van der Waals surface area (Å²) in [4.78, 5) is 73.2. The van der Waals surface area contributed by atoms with Gasteiger partial charge in [-0.25, -0.2) is 9.13 Å². The highest BCUT2D eigenvalue weighted by Crippen LogP contribution is 2.45. The van der Waals surface area contributed by atoms with E-state index in [9.17, 15) is 43.2 Å². The summed E-state index contributed by atoms with van der Waals surface area (Å²) in [5, 5.41) is 10.7. The second-order valence-corrected chi connectivity index (χ2v) is 29.4. The Balaban J connectivity index is 5.57. The van der Waals surface area contributed by atoms with Crippen molar-refractivity contribution >= 4 is 39.5 Å². The number of carbonyl (C=O) groups excluding carboxylic acids is 4. The molecule has 0 aliphatic carbocycles. The first-order valence-corrected chi connectivity index (χ1v) is 44.6. The number of hydrogen-bond acceptors (Lipinski definition) is 15. The average Bonchev–Trinajstić information content (AvgIpc) is 0.898. The van der Waals surface area contributed by atoms with Crippen molar-refractivity contribution in [3.05, 3.63) is 231 Å². The number of unbranched alkanes of at least 4 members (excludes halogenated alkanes) is 11. The molecule has 112 heavy (non-hydrogen) atoms. The molecule has 628 valence electrons. The maximum absolute atomic E-state index is 13.1.